The summed E-state index contributed by atoms with van der Waals surface area (Å²) < 4.78 is 7.03. The molecule has 0 saturated heterocycles. The first-order chi connectivity index (χ1) is 12.1. The Morgan fingerprint density at radius 3 is 2.76 bits per heavy atom. The fourth-order valence-electron chi connectivity index (χ4n) is 3.02. The van der Waals surface area contributed by atoms with Crippen molar-refractivity contribution in [3.05, 3.63) is 47.1 Å². The number of amides is 1. The molecular weight excluding hydrogens is 342 g/mol. The third-order valence-electron chi connectivity index (χ3n) is 4.36. The van der Waals surface area contributed by atoms with Gasteiger partial charge in [0.15, 0.2) is 0 Å². The van der Waals surface area contributed by atoms with Crippen LogP contribution in [0.15, 0.2) is 34.9 Å². The third kappa shape index (κ3) is 2.20. The summed E-state index contributed by atoms with van der Waals surface area (Å²) in [5, 5.41) is 5.51. The van der Waals surface area contributed by atoms with Crippen molar-refractivity contribution in [3.63, 3.8) is 0 Å². The van der Waals surface area contributed by atoms with Crippen molar-refractivity contribution in [3.8, 4) is 11.5 Å². The van der Waals surface area contributed by atoms with Crippen LogP contribution in [0.2, 0.25) is 5.02 Å². The number of carbonyl (C=O) groups is 1. The van der Waals surface area contributed by atoms with Gasteiger partial charge in [-0.3, -0.25) is 9.20 Å². The molecule has 0 spiro atoms. The molecule has 4 aromatic rings. The number of primary amides is 1. The van der Waals surface area contributed by atoms with E-state index in [4.69, 9.17) is 21.9 Å². The van der Waals surface area contributed by atoms with E-state index < -0.39 is 5.91 Å². The van der Waals surface area contributed by atoms with Crippen LogP contribution in [0, 0.1) is 0 Å². The van der Waals surface area contributed by atoms with Crippen LogP contribution in [0.4, 0.5) is 0 Å². The summed E-state index contributed by atoms with van der Waals surface area (Å²) in [6.07, 6.45) is 2.12. The van der Waals surface area contributed by atoms with Gasteiger partial charge in [0.1, 0.15) is 5.69 Å². The van der Waals surface area contributed by atoms with Gasteiger partial charge in [-0.15, -0.1) is 0 Å². The summed E-state index contributed by atoms with van der Waals surface area (Å²) in [5.41, 5.74) is 7.48. The number of aromatic nitrogens is 4. The summed E-state index contributed by atoms with van der Waals surface area (Å²) in [6.45, 7) is 0. The molecule has 1 fully saturated rings. The van der Waals surface area contributed by atoms with Crippen LogP contribution >= 0.6 is 11.6 Å². The van der Waals surface area contributed by atoms with Crippen LogP contribution in [-0.4, -0.2) is 25.4 Å². The average molecular weight is 354 g/mol. The van der Waals surface area contributed by atoms with Crippen molar-refractivity contribution in [2.24, 2.45) is 5.73 Å². The Morgan fingerprint density at radius 2 is 2.00 bits per heavy atom. The Balaban J connectivity index is 1.81. The minimum Gasteiger partial charge on any atom is -0.363 e. The molecule has 3 aromatic heterocycles. The highest BCUT2D eigenvalue weighted by atomic mass is 35.5. The van der Waals surface area contributed by atoms with Crippen LogP contribution in [0.3, 0.4) is 0 Å². The molecule has 1 amide bonds. The zero-order chi connectivity index (χ0) is 17.1. The van der Waals surface area contributed by atoms with E-state index in [2.05, 4.69) is 15.1 Å². The minimum atomic E-state index is -0.630. The van der Waals surface area contributed by atoms with Crippen LogP contribution < -0.4 is 5.73 Å². The SMILES string of the molecule is NC(=O)c1nc(-c2noc(C3CC3)n2)c2ccc3cc(Cl)ccc3n12. The highest BCUT2D eigenvalue weighted by molar-refractivity contribution is 6.31. The van der Waals surface area contributed by atoms with Gasteiger partial charge in [-0.05, 0) is 37.1 Å². The van der Waals surface area contributed by atoms with Gasteiger partial charge in [0.2, 0.25) is 17.5 Å². The van der Waals surface area contributed by atoms with Gasteiger partial charge in [0.25, 0.3) is 5.91 Å². The number of imidazole rings is 1. The molecule has 0 aliphatic heterocycles. The van der Waals surface area contributed by atoms with E-state index >= 15 is 0 Å². The summed E-state index contributed by atoms with van der Waals surface area (Å²) in [4.78, 5) is 20.8. The summed E-state index contributed by atoms with van der Waals surface area (Å²) in [5.74, 6) is 0.809. The highest BCUT2D eigenvalue weighted by Crippen LogP contribution is 2.40. The van der Waals surface area contributed by atoms with Gasteiger partial charge >= 0.3 is 0 Å². The Kier molecular flexibility index (Phi) is 2.90. The molecule has 0 bridgehead atoms. The molecule has 2 N–H and O–H groups in total. The molecule has 1 saturated carbocycles. The van der Waals surface area contributed by atoms with E-state index in [-0.39, 0.29) is 5.82 Å². The second-order valence-corrected chi connectivity index (χ2v) is 6.57. The number of pyridine rings is 1. The zero-order valence-corrected chi connectivity index (χ0v) is 13.7. The summed E-state index contributed by atoms with van der Waals surface area (Å²) >= 11 is 6.06. The normalized spacial score (nSPS) is 14.4. The molecule has 0 unspecified atom stereocenters. The van der Waals surface area contributed by atoms with Gasteiger partial charge in [0, 0.05) is 16.3 Å². The van der Waals surface area contributed by atoms with Gasteiger partial charge in [0.05, 0.1) is 11.0 Å². The molecular formula is C17H12ClN5O2. The Labute approximate surface area is 146 Å². The number of benzene rings is 1. The Bertz CT molecular complexity index is 1160. The third-order valence-corrected chi connectivity index (χ3v) is 4.60. The maximum absolute atomic E-state index is 11.9. The van der Waals surface area contributed by atoms with Crippen molar-refractivity contribution in [1.82, 2.24) is 19.5 Å². The fourth-order valence-corrected chi connectivity index (χ4v) is 3.20. The molecule has 1 aromatic carbocycles. The lowest BCUT2D eigenvalue weighted by atomic mass is 10.2. The van der Waals surface area contributed by atoms with Gasteiger partial charge < -0.3 is 10.3 Å². The lowest BCUT2D eigenvalue weighted by Gasteiger charge is -2.05. The first-order valence-corrected chi connectivity index (χ1v) is 8.24. The monoisotopic (exact) mass is 353 g/mol. The molecule has 3 heterocycles. The second-order valence-electron chi connectivity index (χ2n) is 6.14. The van der Waals surface area contributed by atoms with Crippen molar-refractivity contribution in [2.75, 3.05) is 0 Å². The first kappa shape index (κ1) is 14.4. The summed E-state index contributed by atoms with van der Waals surface area (Å²) in [7, 11) is 0. The first-order valence-electron chi connectivity index (χ1n) is 7.86. The Hall–Kier alpha value is -2.93. The van der Waals surface area contributed by atoms with E-state index in [9.17, 15) is 4.79 Å². The number of fused-ring (bicyclic) bond motifs is 3. The molecule has 1 aliphatic rings. The standard InChI is InChI=1S/C17H12ClN5O2/c18-10-4-6-11-9(7-10)3-5-12-13(20-16(14(19)24)23(11)12)15-21-17(25-22-15)8-1-2-8/h3-8H,1-2H2,(H2,19,24). The van der Waals surface area contributed by atoms with Gasteiger partial charge in [-0.1, -0.05) is 22.8 Å². The molecule has 1 aliphatic carbocycles. The van der Waals surface area contributed by atoms with E-state index in [1.165, 1.54) is 0 Å². The predicted molar refractivity (Wildman–Crippen MR) is 91.5 cm³/mol. The Morgan fingerprint density at radius 1 is 1.20 bits per heavy atom. The van der Waals surface area contributed by atoms with Crippen molar-refractivity contribution >= 4 is 33.9 Å². The highest BCUT2D eigenvalue weighted by Gasteiger charge is 2.31. The molecule has 0 radical (unpaired) electrons. The lowest BCUT2D eigenvalue weighted by Crippen LogP contribution is -2.15. The molecule has 5 rings (SSSR count). The van der Waals surface area contributed by atoms with E-state index in [1.807, 2.05) is 24.3 Å². The predicted octanol–water partition coefficient (Wildman–Crippen LogP) is 3.17. The average Bonchev–Trinajstić information content (AvgIpc) is 3.19. The largest absolute Gasteiger partial charge is 0.363 e. The molecule has 124 valence electrons. The second kappa shape index (κ2) is 5.03. The molecule has 7 nitrogen and oxygen atoms in total. The smallest absolute Gasteiger partial charge is 0.285 e. The van der Waals surface area contributed by atoms with E-state index in [0.717, 1.165) is 23.7 Å². The lowest BCUT2D eigenvalue weighted by molar-refractivity contribution is 0.0990. The number of hydrogen-bond acceptors (Lipinski definition) is 5. The minimum absolute atomic E-state index is 0.121. The van der Waals surface area contributed by atoms with Crippen molar-refractivity contribution < 1.29 is 9.32 Å². The molecule has 8 heteroatoms. The van der Waals surface area contributed by atoms with Crippen LogP contribution in [0.1, 0.15) is 35.3 Å². The number of nitrogens with two attached hydrogens (primary N) is 1. The number of carbonyl (C=O) groups excluding carboxylic acids is 1. The van der Waals surface area contributed by atoms with Gasteiger partial charge in [-0.2, -0.15) is 4.98 Å². The quantitative estimate of drug-likeness (QED) is 0.609. The van der Waals surface area contributed by atoms with Gasteiger partial charge in [-0.25, -0.2) is 4.98 Å². The zero-order valence-electron chi connectivity index (χ0n) is 12.9. The molecule has 25 heavy (non-hydrogen) atoms. The van der Waals surface area contributed by atoms with E-state index in [1.54, 1.807) is 10.5 Å². The number of hydrogen-bond donors (Lipinski definition) is 1. The van der Waals surface area contributed by atoms with Crippen molar-refractivity contribution in [2.45, 2.75) is 18.8 Å². The number of halogens is 1. The summed E-state index contributed by atoms with van der Waals surface area (Å²) in [6, 6.07) is 9.16. The van der Waals surface area contributed by atoms with Crippen molar-refractivity contribution in [1.29, 1.82) is 0 Å². The number of nitrogens with zero attached hydrogens (tertiary/aromatic N) is 4. The van der Waals surface area contributed by atoms with Crippen LogP contribution in [0.25, 0.3) is 27.9 Å². The topological polar surface area (TPSA) is 99.3 Å². The maximum atomic E-state index is 11.9. The van der Waals surface area contributed by atoms with Crippen LogP contribution in [-0.2, 0) is 0 Å². The van der Waals surface area contributed by atoms with E-state index in [0.29, 0.717) is 33.9 Å². The number of rotatable bonds is 3. The maximum Gasteiger partial charge on any atom is 0.285 e. The molecule has 0 atom stereocenters. The van der Waals surface area contributed by atoms with Crippen LogP contribution in [0.5, 0.6) is 0 Å². The fraction of sp³-hybridized carbons (Fsp3) is 0.176.